The average Bonchev–Trinajstić information content (AvgIpc) is 2.88. The molecule has 22 heavy (non-hydrogen) atoms. The third-order valence-corrected chi connectivity index (χ3v) is 3.42. The third-order valence-electron chi connectivity index (χ3n) is 3.42. The van der Waals surface area contributed by atoms with Gasteiger partial charge < -0.3 is 9.72 Å². The number of ether oxygens (including phenoxy) is 1. The van der Waals surface area contributed by atoms with Crippen LogP contribution in [0.1, 0.15) is 17.0 Å². The van der Waals surface area contributed by atoms with Crippen molar-refractivity contribution < 1.29 is 9.66 Å². The highest BCUT2D eigenvalue weighted by atomic mass is 16.6. The molecule has 0 aliphatic rings. The quantitative estimate of drug-likeness (QED) is 0.588. The molecule has 1 N–H and O–H groups in total. The van der Waals surface area contributed by atoms with Crippen LogP contribution in [0.25, 0.3) is 11.0 Å². The number of nitrogens with zero attached hydrogens (tertiary/aromatic N) is 2. The van der Waals surface area contributed by atoms with Crippen LogP contribution in [0.2, 0.25) is 0 Å². The second-order valence-corrected chi connectivity index (χ2v) is 5.20. The fraction of sp³-hybridized carbons (Fsp3) is 0.188. The molecule has 0 bridgehead atoms. The first kappa shape index (κ1) is 14.1. The van der Waals surface area contributed by atoms with Crippen molar-refractivity contribution in [2.75, 3.05) is 0 Å². The first-order valence-electron chi connectivity index (χ1n) is 6.86. The molecule has 6 nitrogen and oxygen atoms in total. The second-order valence-electron chi connectivity index (χ2n) is 5.20. The second kappa shape index (κ2) is 5.48. The number of hydrogen-bond donors (Lipinski definition) is 1. The molecular formula is C16H15N3O3. The number of nitro benzene ring substituents is 1. The van der Waals surface area contributed by atoms with Crippen molar-refractivity contribution in [2.45, 2.75) is 20.5 Å². The van der Waals surface area contributed by atoms with Gasteiger partial charge in [0.25, 0.3) is 5.69 Å². The lowest BCUT2D eigenvalue weighted by Gasteiger charge is -2.08. The van der Waals surface area contributed by atoms with Crippen molar-refractivity contribution in [3.05, 3.63) is 63.5 Å². The van der Waals surface area contributed by atoms with E-state index in [2.05, 4.69) is 16.0 Å². The Bertz CT molecular complexity index is 855. The summed E-state index contributed by atoms with van der Waals surface area (Å²) in [5.41, 5.74) is 3.60. The van der Waals surface area contributed by atoms with Gasteiger partial charge in [0.1, 0.15) is 18.2 Å². The molecule has 0 atom stereocenters. The normalized spacial score (nSPS) is 10.8. The van der Waals surface area contributed by atoms with Gasteiger partial charge in [0, 0.05) is 12.1 Å². The van der Waals surface area contributed by atoms with E-state index in [4.69, 9.17) is 4.74 Å². The number of aryl methyl sites for hydroxylation is 2. The Morgan fingerprint density at radius 2 is 2.05 bits per heavy atom. The van der Waals surface area contributed by atoms with E-state index < -0.39 is 4.92 Å². The molecule has 0 spiro atoms. The summed E-state index contributed by atoms with van der Waals surface area (Å²) >= 11 is 0. The lowest BCUT2D eigenvalue weighted by atomic mass is 10.1. The van der Waals surface area contributed by atoms with Gasteiger partial charge in [-0.1, -0.05) is 17.7 Å². The maximum absolute atomic E-state index is 10.8. The van der Waals surface area contributed by atoms with Crippen LogP contribution >= 0.6 is 0 Å². The van der Waals surface area contributed by atoms with Gasteiger partial charge in [-0.15, -0.1) is 0 Å². The SMILES string of the molecule is Cc1ccc(OCc2nc3ccc([N+](=O)[O-])cc3[nH]2)c(C)c1. The zero-order chi connectivity index (χ0) is 15.7. The van der Waals surface area contributed by atoms with Crippen molar-refractivity contribution in [3.8, 4) is 5.75 Å². The van der Waals surface area contributed by atoms with Gasteiger partial charge in [-0.25, -0.2) is 4.98 Å². The number of aromatic nitrogens is 2. The maximum atomic E-state index is 10.8. The van der Waals surface area contributed by atoms with Gasteiger partial charge in [0.05, 0.1) is 16.0 Å². The van der Waals surface area contributed by atoms with E-state index in [9.17, 15) is 10.1 Å². The molecule has 3 rings (SSSR count). The van der Waals surface area contributed by atoms with E-state index in [-0.39, 0.29) is 12.3 Å². The Hall–Kier alpha value is -2.89. The molecule has 6 heteroatoms. The van der Waals surface area contributed by atoms with Crippen LogP contribution in [0.4, 0.5) is 5.69 Å². The number of H-pyrrole nitrogens is 1. The first-order chi connectivity index (χ1) is 10.5. The van der Waals surface area contributed by atoms with E-state index >= 15 is 0 Å². The first-order valence-corrected chi connectivity index (χ1v) is 6.86. The lowest BCUT2D eigenvalue weighted by Crippen LogP contribution is -1.99. The minimum absolute atomic E-state index is 0.0398. The smallest absolute Gasteiger partial charge is 0.271 e. The minimum atomic E-state index is -0.424. The number of nitrogens with one attached hydrogen (secondary N) is 1. The van der Waals surface area contributed by atoms with Gasteiger partial charge in [-0.05, 0) is 31.5 Å². The van der Waals surface area contributed by atoms with Gasteiger partial charge in [0.2, 0.25) is 0 Å². The largest absolute Gasteiger partial charge is 0.485 e. The molecule has 3 aromatic rings. The Morgan fingerprint density at radius 3 is 2.77 bits per heavy atom. The number of rotatable bonds is 4. The van der Waals surface area contributed by atoms with Gasteiger partial charge in [0.15, 0.2) is 0 Å². The van der Waals surface area contributed by atoms with E-state index in [1.165, 1.54) is 17.7 Å². The Balaban J connectivity index is 1.80. The van der Waals surface area contributed by atoms with Crippen molar-refractivity contribution >= 4 is 16.7 Å². The summed E-state index contributed by atoms with van der Waals surface area (Å²) in [4.78, 5) is 17.8. The molecule has 2 aromatic carbocycles. The molecule has 0 aliphatic carbocycles. The van der Waals surface area contributed by atoms with Gasteiger partial charge in [-0.2, -0.15) is 0 Å². The molecule has 0 saturated heterocycles. The number of non-ortho nitro benzene ring substituents is 1. The molecule has 0 fully saturated rings. The number of aromatic amines is 1. The highest BCUT2D eigenvalue weighted by Gasteiger charge is 2.10. The van der Waals surface area contributed by atoms with Crippen molar-refractivity contribution in [1.82, 2.24) is 9.97 Å². The molecule has 1 heterocycles. The van der Waals surface area contributed by atoms with Crippen LogP contribution in [0.5, 0.6) is 5.75 Å². The minimum Gasteiger partial charge on any atom is -0.485 e. The Kier molecular flexibility index (Phi) is 3.50. The fourth-order valence-corrected chi connectivity index (χ4v) is 2.34. The summed E-state index contributed by atoms with van der Waals surface area (Å²) in [6.07, 6.45) is 0. The molecule has 0 aliphatic heterocycles. The number of imidazole rings is 1. The number of benzene rings is 2. The molecule has 112 valence electrons. The number of hydrogen-bond acceptors (Lipinski definition) is 4. The van der Waals surface area contributed by atoms with E-state index in [0.717, 1.165) is 11.3 Å². The zero-order valence-corrected chi connectivity index (χ0v) is 12.3. The summed E-state index contributed by atoms with van der Waals surface area (Å²) < 4.78 is 5.76. The highest BCUT2D eigenvalue weighted by Crippen LogP contribution is 2.22. The Morgan fingerprint density at radius 1 is 1.23 bits per heavy atom. The van der Waals surface area contributed by atoms with E-state index in [1.807, 2.05) is 26.0 Å². The van der Waals surface area contributed by atoms with Gasteiger partial charge >= 0.3 is 0 Å². The summed E-state index contributed by atoms with van der Waals surface area (Å²) in [5, 5.41) is 10.8. The van der Waals surface area contributed by atoms with Crippen LogP contribution in [-0.2, 0) is 6.61 Å². The van der Waals surface area contributed by atoms with Crippen LogP contribution in [0, 0.1) is 24.0 Å². The van der Waals surface area contributed by atoms with Crippen LogP contribution in [0.15, 0.2) is 36.4 Å². The number of fused-ring (bicyclic) bond motifs is 1. The maximum Gasteiger partial charge on any atom is 0.271 e. The van der Waals surface area contributed by atoms with E-state index in [0.29, 0.717) is 16.9 Å². The molecule has 0 saturated carbocycles. The highest BCUT2D eigenvalue weighted by molar-refractivity contribution is 5.77. The summed E-state index contributed by atoms with van der Waals surface area (Å²) in [5.74, 6) is 1.44. The molecule has 0 unspecified atom stereocenters. The fourth-order valence-electron chi connectivity index (χ4n) is 2.34. The van der Waals surface area contributed by atoms with Crippen LogP contribution in [-0.4, -0.2) is 14.9 Å². The lowest BCUT2D eigenvalue weighted by molar-refractivity contribution is -0.384. The third kappa shape index (κ3) is 2.76. The van der Waals surface area contributed by atoms with Gasteiger partial charge in [-0.3, -0.25) is 10.1 Å². The molecule has 1 aromatic heterocycles. The zero-order valence-electron chi connectivity index (χ0n) is 12.3. The summed E-state index contributed by atoms with van der Waals surface area (Å²) in [7, 11) is 0. The van der Waals surface area contributed by atoms with Crippen molar-refractivity contribution in [3.63, 3.8) is 0 Å². The molecule has 0 radical (unpaired) electrons. The van der Waals surface area contributed by atoms with E-state index in [1.54, 1.807) is 6.07 Å². The van der Waals surface area contributed by atoms with Crippen molar-refractivity contribution in [1.29, 1.82) is 0 Å². The van der Waals surface area contributed by atoms with Crippen LogP contribution in [0.3, 0.4) is 0 Å². The average molecular weight is 297 g/mol. The predicted octanol–water partition coefficient (Wildman–Crippen LogP) is 3.67. The topological polar surface area (TPSA) is 81.1 Å². The monoisotopic (exact) mass is 297 g/mol. The molecular weight excluding hydrogens is 282 g/mol. The van der Waals surface area contributed by atoms with Crippen LogP contribution < -0.4 is 4.74 Å². The Labute approximate surface area is 126 Å². The standard InChI is InChI=1S/C16H15N3O3/c1-10-3-6-15(11(2)7-10)22-9-16-17-13-5-4-12(19(20)21)8-14(13)18-16/h3-8H,9H2,1-2H3,(H,17,18). The molecule has 0 amide bonds. The number of nitro groups is 1. The summed E-state index contributed by atoms with van der Waals surface area (Å²) in [6.45, 7) is 4.31. The summed E-state index contributed by atoms with van der Waals surface area (Å²) in [6, 6.07) is 10.5. The predicted molar refractivity (Wildman–Crippen MR) is 83.0 cm³/mol. The van der Waals surface area contributed by atoms with Crippen molar-refractivity contribution in [2.24, 2.45) is 0 Å².